The SMILES string of the molecule is COc1ccc(C(C)NC(=O)c2cnccn2)cc1. The maximum absolute atomic E-state index is 11.9. The smallest absolute Gasteiger partial charge is 0.271 e. The summed E-state index contributed by atoms with van der Waals surface area (Å²) in [4.78, 5) is 19.7. The molecule has 0 saturated carbocycles. The van der Waals surface area contributed by atoms with Crippen LogP contribution in [0.5, 0.6) is 5.75 Å². The van der Waals surface area contributed by atoms with Gasteiger partial charge >= 0.3 is 0 Å². The molecule has 1 atom stereocenters. The molecule has 2 aromatic rings. The normalized spacial score (nSPS) is 11.7. The molecule has 0 aliphatic rings. The van der Waals surface area contributed by atoms with Crippen molar-refractivity contribution >= 4 is 5.91 Å². The maximum atomic E-state index is 11.9. The van der Waals surface area contributed by atoms with E-state index in [1.807, 2.05) is 31.2 Å². The van der Waals surface area contributed by atoms with Gasteiger partial charge in [-0.3, -0.25) is 9.78 Å². The lowest BCUT2D eigenvalue weighted by atomic mass is 10.1. The zero-order chi connectivity index (χ0) is 13.7. The third-order valence-corrected chi connectivity index (χ3v) is 2.76. The average Bonchev–Trinajstić information content (AvgIpc) is 2.48. The van der Waals surface area contributed by atoms with E-state index in [4.69, 9.17) is 4.74 Å². The zero-order valence-electron chi connectivity index (χ0n) is 10.8. The van der Waals surface area contributed by atoms with Crippen LogP contribution >= 0.6 is 0 Å². The predicted molar refractivity (Wildman–Crippen MR) is 70.9 cm³/mol. The molecule has 0 bridgehead atoms. The fraction of sp³-hybridized carbons (Fsp3) is 0.214. The number of hydrogen-bond acceptors (Lipinski definition) is 4. The second-order valence-corrected chi connectivity index (χ2v) is 4.06. The van der Waals surface area contributed by atoms with Crippen molar-refractivity contribution in [1.82, 2.24) is 15.3 Å². The van der Waals surface area contributed by atoms with Crippen molar-refractivity contribution in [2.75, 3.05) is 7.11 Å². The fourth-order valence-corrected chi connectivity index (χ4v) is 1.66. The van der Waals surface area contributed by atoms with Gasteiger partial charge in [-0.15, -0.1) is 0 Å². The molecule has 0 radical (unpaired) electrons. The number of nitrogens with zero attached hydrogens (tertiary/aromatic N) is 2. The van der Waals surface area contributed by atoms with Crippen molar-refractivity contribution in [3.05, 3.63) is 54.1 Å². The molecule has 19 heavy (non-hydrogen) atoms. The number of benzene rings is 1. The summed E-state index contributed by atoms with van der Waals surface area (Å²) in [7, 11) is 1.62. The van der Waals surface area contributed by atoms with E-state index in [2.05, 4.69) is 15.3 Å². The van der Waals surface area contributed by atoms with Gasteiger partial charge in [0.05, 0.1) is 19.3 Å². The molecule has 2 rings (SSSR count). The number of carbonyl (C=O) groups excluding carboxylic acids is 1. The van der Waals surface area contributed by atoms with Gasteiger partial charge in [0.2, 0.25) is 0 Å². The zero-order valence-corrected chi connectivity index (χ0v) is 10.8. The number of amides is 1. The lowest BCUT2D eigenvalue weighted by Crippen LogP contribution is -2.27. The maximum Gasteiger partial charge on any atom is 0.271 e. The summed E-state index contributed by atoms with van der Waals surface area (Å²) in [6.45, 7) is 1.91. The van der Waals surface area contributed by atoms with Crippen LogP contribution in [-0.2, 0) is 0 Å². The standard InChI is InChI=1S/C14H15N3O2/c1-10(11-3-5-12(19-2)6-4-11)17-14(18)13-9-15-7-8-16-13/h3-10H,1-2H3,(H,17,18). The fourth-order valence-electron chi connectivity index (χ4n) is 1.66. The number of aromatic nitrogens is 2. The summed E-state index contributed by atoms with van der Waals surface area (Å²) in [6.07, 6.45) is 4.46. The quantitative estimate of drug-likeness (QED) is 0.909. The van der Waals surface area contributed by atoms with Gasteiger partial charge in [-0.1, -0.05) is 12.1 Å². The molecule has 5 nitrogen and oxygen atoms in total. The Labute approximate surface area is 111 Å². The summed E-state index contributed by atoms with van der Waals surface area (Å²) < 4.78 is 5.09. The van der Waals surface area contributed by atoms with E-state index in [0.717, 1.165) is 11.3 Å². The minimum absolute atomic E-state index is 0.111. The summed E-state index contributed by atoms with van der Waals surface area (Å²) >= 11 is 0. The van der Waals surface area contributed by atoms with E-state index < -0.39 is 0 Å². The number of carbonyl (C=O) groups is 1. The molecule has 0 aliphatic heterocycles. The van der Waals surface area contributed by atoms with Crippen LogP contribution in [0.3, 0.4) is 0 Å². The number of hydrogen-bond donors (Lipinski definition) is 1. The first kappa shape index (κ1) is 13.0. The largest absolute Gasteiger partial charge is 0.497 e. The monoisotopic (exact) mass is 257 g/mol. The van der Waals surface area contributed by atoms with E-state index in [1.54, 1.807) is 7.11 Å². The molecule has 1 aromatic carbocycles. The van der Waals surface area contributed by atoms with Crippen molar-refractivity contribution in [1.29, 1.82) is 0 Å². The molecule has 1 N–H and O–H groups in total. The Morgan fingerprint density at radius 3 is 2.58 bits per heavy atom. The van der Waals surface area contributed by atoms with Gasteiger partial charge in [-0.05, 0) is 24.6 Å². The van der Waals surface area contributed by atoms with Gasteiger partial charge in [0.15, 0.2) is 0 Å². The highest BCUT2D eigenvalue weighted by molar-refractivity contribution is 5.92. The predicted octanol–water partition coefficient (Wildman–Crippen LogP) is 1.98. The first-order valence-corrected chi connectivity index (χ1v) is 5.91. The van der Waals surface area contributed by atoms with Gasteiger partial charge in [-0.2, -0.15) is 0 Å². The van der Waals surface area contributed by atoms with Gasteiger partial charge in [0, 0.05) is 12.4 Å². The summed E-state index contributed by atoms with van der Waals surface area (Å²) in [5.74, 6) is 0.549. The van der Waals surface area contributed by atoms with E-state index >= 15 is 0 Å². The Hall–Kier alpha value is -2.43. The van der Waals surface area contributed by atoms with Crippen molar-refractivity contribution in [2.45, 2.75) is 13.0 Å². The lowest BCUT2D eigenvalue weighted by Gasteiger charge is -2.14. The second-order valence-electron chi connectivity index (χ2n) is 4.06. The summed E-state index contributed by atoms with van der Waals surface area (Å²) in [5.41, 5.74) is 1.31. The Bertz CT molecular complexity index is 540. The molecule has 0 spiro atoms. The molecule has 0 saturated heterocycles. The first-order chi connectivity index (χ1) is 9.20. The van der Waals surface area contributed by atoms with Crippen LogP contribution in [0.4, 0.5) is 0 Å². The van der Waals surface area contributed by atoms with Crippen molar-refractivity contribution in [3.8, 4) is 5.75 Å². The number of methoxy groups -OCH3 is 1. The Morgan fingerprint density at radius 1 is 1.26 bits per heavy atom. The van der Waals surface area contributed by atoms with Crippen LogP contribution in [0, 0.1) is 0 Å². The van der Waals surface area contributed by atoms with Crippen molar-refractivity contribution in [2.24, 2.45) is 0 Å². The molecule has 1 amide bonds. The number of nitrogens with one attached hydrogen (secondary N) is 1. The molecule has 98 valence electrons. The third kappa shape index (κ3) is 3.28. The second kappa shape index (κ2) is 5.95. The summed E-state index contributed by atoms with van der Waals surface area (Å²) in [5, 5.41) is 2.87. The number of rotatable bonds is 4. The Morgan fingerprint density at radius 2 is 2.00 bits per heavy atom. The minimum atomic E-state index is -0.239. The Balaban J connectivity index is 2.04. The van der Waals surface area contributed by atoms with E-state index in [9.17, 15) is 4.79 Å². The van der Waals surface area contributed by atoms with Crippen LogP contribution in [0.15, 0.2) is 42.9 Å². The number of ether oxygens (including phenoxy) is 1. The van der Waals surface area contributed by atoms with Crippen LogP contribution in [0.2, 0.25) is 0 Å². The highest BCUT2D eigenvalue weighted by atomic mass is 16.5. The molecular weight excluding hydrogens is 242 g/mol. The van der Waals surface area contributed by atoms with E-state index in [0.29, 0.717) is 5.69 Å². The van der Waals surface area contributed by atoms with Gasteiger partial charge < -0.3 is 10.1 Å². The Kier molecular flexibility index (Phi) is 4.07. The minimum Gasteiger partial charge on any atom is -0.497 e. The highest BCUT2D eigenvalue weighted by Crippen LogP contribution is 2.17. The summed E-state index contributed by atoms with van der Waals surface area (Å²) in [6, 6.07) is 7.45. The van der Waals surface area contributed by atoms with E-state index in [1.165, 1.54) is 18.6 Å². The third-order valence-electron chi connectivity index (χ3n) is 2.76. The molecule has 1 aromatic heterocycles. The van der Waals surface area contributed by atoms with Crippen LogP contribution in [-0.4, -0.2) is 23.0 Å². The van der Waals surface area contributed by atoms with Crippen LogP contribution < -0.4 is 10.1 Å². The lowest BCUT2D eigenvalue weighted by molar-refractivity contribution is 0.0934. The molecule has 1 unspecified atom stereocenters. The first-order valence-electron chi connectivity index (χ1n) is 5.91. The van der Waals surface area contributed by atoms with Crippen LogP contribution in [0.1, 0.15) is 29.0 Å². The molecule has 5 heteroatoms. The molecular formula is C14H15N3O2. The topological polar surface area (TPSA) is 64.1 Å². The average molecular weight is 257 g/mol. The van der Waals surface area contributed by atoms with Gasteiger partial charge in [0.1, 0.15) is 11.4 Å². The van der Waals surface area contributed by atoms with Crippen molar-refractivity contribution in [3.63, 3.8) is 0 Å². The molecule has 0 fully saturated rings. The van der Waals surface area contributed by atoms with Gasteiger partial charge in [0.25, 0.3) is 5.91 Å². The van der Waals surface area contributed by atoms with Crippen LogP contribution in [0.25, 0.3) is 0 Å². The van der Waals surface area contributed by atoms with E-state index in [-0.39, 0.29) is 11.9 Å². The highest BCUT2D eigenvalue weighted by Gasteiger charge is 2.12. The van der Waals surface area contributed by atoms with Gasteiger partial charge in [-0.25, -0.2) is 4.98 Å². The molecule has 0 aliphatic carbocycles. The van der Waals surface area contributed by atoms with Crippen molar-refractivity contribution < 1.29 is 9.53 Å². The molecule has 1 heterocycles.